The van der Waals surface area contributed by atoms with Crippen LogP contribution in [0.15, 0.2) is 22.7 Å². The first-order valence-electron chi connectivity index (χ1n) is 12.5. The fourth-order valence-electron chi connectivity index (χ4n) is 5.37. The number of carbonyl (C=O) groups excluding carboxylic acids is 2. The van der Waals surface area contributed by atoms with Gasteiger partial charge in [-0.1, -0.05) is 18.0 Å². The van der Waals surface area contributed by atoms with Crippen LogP contribution in [0.2, 0.25) is 0 Å². The summed E-state index contributed by atoms with van der Waals surface area (Å²) in [5.41, 5.74) is 3.24. The maximum Gasteiger partial charge on any atom is 0.256 e. The van der Waals surface area contributed by atoms with Gasteiger partial charge in [0.2, 0.25) is 5.91 Å². The first-order chi connectivity index (χ1) is 16.9. The number of anilines is 1. The minimum absolute atomic E-state index is 0.0181. The second-order valence-electron chi connectivity index (χ2n) is 9.92. The molecule has 5 rings (SSSR count). The van der Waals surface area contributed by atoms with Crippen molar-refractivity contribution in [2.75, 3.05) is 19.0 Å². The molecule has 0 radical (unpaired) electrons. The van der Waals surface area contributed by atoms with E-state index >= 15 is 0 Å². The van der Waals surface area contributed by atoms with Crippen LogP contribution in [0.1, 0.15) is 78.7 Å². The highest BCUT2D eigenvalue weighted by atomic mass is 16.5. The maximum atomic E-state index is 13.6. The number of fused-ring (bicyclic) bond motifs is 1. The highest BCUT2D eigenvalue weighted by Gasteiger charge is 2.27. The molecule has 3 heterocycles. The number of nitrogens with zero attached hydrogens (tertiary/aromatic N) is 4. The van der Waals surface area contributed by atoms with Crippen LogP contribution in [0, 0.1) is 12.8 Å². The lowest BCUT2D eigenvalue weighted by Crippen LogP contribution is -2.27. The Hall–Kier alpha value is -3.20. The molecule has 186 valence electrons. The van der Waals surface area contributed by atoms with Crippen LogP contribution >= 0.6 is 0 Å². The van der Waals surface area contributed by atoms with Crippen molar-refractivity contribution in [3.05, 3.63) is 41.0 Å². The molecule has 2 fully saturated rings. The lowest BCUT2D eigenvalue weighted by molar-refractivity contribution is -0.117. The van der Waals surface area contributed by atoms with Crippen LogP contribution in [0.4, 0.5) is 5.69 Å². The zero-order valence-electron chi connectivity index (χ0n) is 20.7. The zero-order chi connectivity index (χ0) is 24.5. The summed E-state index contributed by atoms with van der Waals surface area (Å²) in [5.74, 6) is 1.65. The van der Waals surface area contributed by atoms with Crippen molar-refractivity contribution in [2.24, 2.45) is 13.0 Å². The van der Waals surface area contributed by atoms with Gasteiger partial charge in [-0.05, 0) is 50.7 Å². The average Bonchev–Trinajstić information content (AvgIpc) is 3.62. The third kappa shape index (κ3) is 4.96. The number of hydrogen-bond acceptors (Lipinski definition) is 6. The quantitative estimate of drug-likeness (QED) is 0.535. The van der Waals surface area contributed by atoms with Gasteiger partial charge in [0.15, 0.2) is 5.76 Å². The van der Waals surface area contributed by atoms with Crippen LogP contribution < -0.4 is 5.32 Å². The number of imidazole rings is 1. The summed E-state index contributed by atoms with van der Waals surface area (Å²) < 4.78 is 13.1. The van der Waals surface area contributed by atoms with Crippen molar-refractivity contribution in [3.63, 3.8) is 0 Å². The summed E-state index contributed by atoms with van der Waals surface area (Å²) in [6.07, 6.45) is 6.90. The number of hydrogen-bond donors (Lipinski definition) is 1. The molecule has 1 saturated heterocycles. The first kappa shape index (κ1) is 23.5. The third-order valence-corrected chi connectivity index (χ3v) is 7.10. The van der Waals surface area contributed by atoms with Gasteiger partial charge in [-0.25, -0.2) is 4.98 Å². The topological polar surface area (TPSA) is 102 Å². The van der Waals surface area contributed by atoms with Crippen LogP contribution in [-0.4, -0.2) is 45.1 Å². The Morgan fingerprint density at radius 1 is 1.17 bits per heavy atom. The van der Waals surface area contributed by atoms with Gasteiger partial charge in [0.1, 0.15) is 11.9 Å². The van der Waals surface area contributed by atoms with E-state index in [0.717, 1.165) is 42.7 Å². The lowest BCUT2D eigenvalue weighted by Gasteiger charge is -2.18. The van der Waals surface area contributed by atoms with E-state index in [1.165, 1.54) is 12.8 Å². The standard InChI is InChI=1S/C26H33N5O4/c1-16-11-19(35-29-16)15-30(2)26(33)20-13-18(27-23(32)12-17-7-4-5-8-17)14-21-24(20)31(3)25(28-21)22-9-6-10-34-22/h11,13-14,17,22H,4-10,12,15H2,1-3H3,(H,27,32)/t22-/m0/s1. The van der Waals surface area contributed by atoms with Crippen molar-refractivity contribution >= 4 is 28.5 Å². The number of benzene rings is 1. The fourth-order valence-corrected chi connectivity index (χ4v) is 5.37. The fraction of sp³-hybridized carbons (Fsp3) is 0.538. The molecule has 35 heavy (non-hydrogen) atoms. The van der Waals surface area contributed by atoms with Gasteiger partial charge < -0.3 is 24.0 Å². The molecule has 0 unspecified atom stereocenters. The largest absolute Gasteiger partial charge is 0.370 e. The molecular formula is C26H33N5O4. The van der Waals surface area contributed by atoms with Crippen molar-refractivity contribution in [3.8, 4) is 0 Å². The molecule has 1 saturated carbocycles. The molecule has 1 aromatic carbocycles. The molecule has 1 aliphatic carbocycles. The summed E-state index contributed by atoms with van der Waals surface area (Å²) in [4.78, 5) is 32.9. The Balaban J connectivity index is 1.48. The summed E-state index contributed by atoms with van der Waals surface area (Å²) in [5, 5.41) is 6.94. The summed E-state index contributed by atoms with van der Waals surface area (Å²) >= 11 is 0. The molecule has 1 aliphatic heterocycles. The molecule has 1 atom stereocenters. The van der Waals surface area contributed by atoms with E-state index in [9.17, 15) is 9.59 Å². The number of amides is 2. The summed E-state index contributed by atoms with van der Waals surface area (Å²) in [6, 6.07) is 5.44. The Morgan fingerprint density at radius 2 is 1.97 bits per heavy atom. The summed E-state index contributed by atoms with van der Waals surface area (Å²) in [7, 11) is 3.65. The van der Waals surface area contributed by atoms with Crippen LogP contribution in [0.5, 0.6) is 0 Å². The smallest absolute Gasteiger partial charge is 0.256 e. The molecule has 9 heteroatoms. The van der Waals surface area contributed by atoms with Gasteiger partial charge in [-0.2, -0.15) is 0 Å². The maximum absolute atomic E-state index is 13.6. The van der Waals surface area contributed by atoms with Crippen molar-refractivity contribution in [1.29, 1.82) is 0 Å². The molecule has 0 spiro atoms. The van der Waals surface area contributed by atoms with Gasteiger partial charge in [0.25, 0.3) is 5.91 Å². The minimum Gasteiger partial charge on any atom is -0.370 e. The van der Waals surface area contributed by atoms with Crippen molar-refractivity contribution in [1.82, 2.24) is 19.6 Å². The molecular weight excluding hydrogens is 446 g/mol. The molecule has 0 bridgehead atoms. The van der Waals surface area contributed by atoms with E-state index in [4.69, 9.17) is 14.2 Å². The van der Waals surface area contributed by atoms with E-state index in [-0.39, 0.29) is 24.5 Å². The van der Waals surface area contributed by atoms with E-state index in [1.54, 1.807) is 18.0 Å². The average molecular weight is 480 g/mol. The zero-order valence-corrected chi connectivity index (χ0v) is 20.7. The number of rotatable bonds is 7. The van der Waals surface area contributed by atoms with Gasteiger partial charge in [-0.15, -0.1) is 0 Å². The van der Waals surface area contributed by atoms with Crippen LogP contribution in [0.25, 0.3) is 11.0 Å². The Labute approximate surface area is 204 Å². The monoisotopic (exact) mass is 479 g/mol. The molecule has 2 aliphatic rings. The number of carbonyl (C=O) groups is 2. The van der Waals surface area contributed by atoms with Crippen molar-refractivity contribution < 1.29 is 18.8 Å². The highest BCUT2D eigenvalue weighted by Crippen LogP contribution is 2.33. The van der Waals surface area contributed by atoms with Crippen molar-refractivity contribution in [2.45, 2.75) is 64.5 Å². The molecule has 2 aromatic heterocycles. The molecule has 2 amide bonds. The van der Waals surface area contributed by atoms with Gasteiger partial charge in [0, 0.05) is 38.9 Å². The second-order valence-corrected chi connectivity index (χ2v) is 9.92. The van der Waals surface area contributed by atoms with E-state index in [1.807, 2.05) is 30.7 Å². The second kappa shape index (κ2) is 9.81. The third-order valence-electron chi connectivity index (χ3n) is 7.10. The SMILES string of the molecule is Cc1cc(CN(C)C(=O)c2cc(NC(=O)CC3CCCC3)cc3nc([C@@H]4CCCO4)n(C)c23)on1. The van der Waals surface area contributed by atoms with Crippen LogP contribution in [-0.2, 0) is 23.1 Å². The number of aromatic nitrogens is 3. The predicted molar refractivity (Wildman–Crippen MR) is 131 cm³/mol. The molecule has 1 N–H and O–H groups in total. The van der Waals surface area contributed by atoms with E-state index in [0.29, 0.717) is 41.5 Å². The lowest BCUT2D eigenvalue weighted by atomic mass is 10.0. The number of aryl methyl sites for hydroxylation is 2. The summed E-state index contributed by atoms with van der Waals surface area (Å²) in [6.45, 7) is 2.84. The Kier molecular flexibility index (Phi) is 6.60. The normalized spacial score (nSPS) is 18.4. The van der Waals surface area contributed by atoms with Gasteiger partial charge in [-0.3, -0.25) is 9.59 Å². The minimum atomic E-state index is -0.183. The Morgan fingerprint density at radius 3 is 2.66 bits per heavy atom. The molecule has 9 nitrogen and oxygen atoms in total. The molecule has 3 aromatic rings. The predicted octanol–water partition coefficient (Wildman–Crippen LogP) is 4.51. The number of nitrogens with one attached hydrogen (secondary N) is 1. The van der Waals surface area contributed by atoms with Gasteiger partial charge in [0.05, 0.1) is 28.8 Å². The highest BCUT2D eigenvalue weighted by molar-refractivity contribution is 6.07. The Bertz CT molecular complexity index is 1230. The first-order valence-corrected chi connectivity index (χ1v) is 12.5. The van der Waals surface area contributed by atoms with E-state index in [2.05, 4.69) is 10.5 Å². The van der Waals surface area contributed by atoms with Gasteiger partial charge >= 0.3 is 0 Å². The number of ether oxygens (including phenoxy) is 1. The van der Waals surface area contributed by atoms with E-state index < -0.39 is 0 Å². The van der Waals surface area contributed by atoms with Crippen LogP contribution in [0.3, 0.4) is 0 Å².